The molecule has 0 spiro atoms. The highest BCUT2D eigenvalue weighted by Gasteiger charge is 2.28. The molecule has 2 atom stereocenters. The molecule has 1 saturated carbocycles. The van der Waals surface area contributed by atoms with Crippen molar-refractivity contribution >= 4 is 26.5 Å². The van der Waals surface area contributed by atoms with Crippen molar-refractivity contribution in [3.63, 3.8) is 0 Å². The Morgan fingerprint density at radius 1 is 1.32 bits per heavy atom. The maximum absolute atomic E-state index is 12.3. The number of sulfone groups is 1. The summed E-state index contributed by atoms with van der Waals surface area (Å²) in [4.78, 5) is 4.78. The SMILES string of the molecule is C[C@@H](N[S@](=O)C(C)(C)C)c1cn2cc(C3CC3)cc(S(C)(=O)=O)c2n1. The number of fused-ring (bicyclic) bond motifs is 1. The van der Waals surface area contributed by atoms with E-state index in [2.05, 4.69) is 9.71 Å². The normalized spacial score (nSPS) is 18.4. The molecule has 138 valence electrons. The molecule has 8 heteroatoms. The zero-order valence-corrected chi connectivity index (χ0v) is 16.9. The van der Waals surface area contributed by atoms with Crippen LogP contribution in [-0.4, -0.2) is 33.0 Å². The average Bonchev–Trinajstić information content (AvgIpc) is 3.22. The van der Waals surface area contributed by atoms with Gasteiger partial charge in [0.2, 0.25) is 0 Å². The van der Waals surface area contributed by atoms with Crippen LogP contribution < -0.4 is 4.72 Å². The van der Waals surface area contributed by atoms with Crippen molar-refractivity contribution in [2.75, 3.05) is 6.26 Å². The van der Waals surface area contributed by atoms with Crippen LogP contribution in [0.3, 0.4) is 0 Å². The number of hydrogen-bond donors (Lipinski definition) is 1. The van der Waals surface area contributed by atoms with E-state index in [1.54, 1.807) is 10.5 Å². The van der Waals surface area contributed by atoms with Gasteiger partial charge in [0.1, 0.15) is 4.90 Å². The van der Waals surface area contributed by atoms with E-state index in [1.807, 2.05) is 40.1 Å². The second-order valence-corrected chi connectivity index (χ2v) is 11.8. The van der Waals surface area contributed by atoms with E-state index in [-0.39, 0.29) is 15.7 Å². The van der Waals surface area contributed by atoms with Gasteiger partial charge in [0.05, 0.1) is 27.5 Å². The van der Waals surface area contributed by atoms with Gasteiger partial charge in [-0.15, -0.1) is 0 Å². The van der Waals surface area contributed by atoms with Gasteiger partial charge in [-0.05, 0) is 58.1 Å². The molecule has 0 aromatic carbocycles. The molecule has 2 aromatic heterocycles. The van der Waals surface area contributed by atoms with Gasteiger partial charge in [0, 0.05) is 18.6 Å². The van der Waals surface area contributed by atoms with Gasteiger partial charge in [-0.1, -0.05) is 0 Å². The highest BCUT2D eigenvalue weighted by molar-refractivity contribution is 7.91. The summed E-state index contributed by atoms with van der Waals surface area (Å²) in [6, 6.07) is 1.50. The molecule has 2 heterocycles. The maximum Gasteiger partial charge on any atom is 0.179 e. The van der Waals surface area contributed by atoms with Gasteiger partial charge in [0.25, 0.3) is 0 Å². The second-order valence-electron chi connectivity index (χ2n) is 7.80. The van der Waals surface area contributed by atoms with Crippen molar-refractivity contribution in [3.05, 3.63) is 29.7 Å². The van der Waals surface area contributed by atoms with E-state index in [9.17, 15) is 12.6 Å². The van der Waals surface area contributed by atoms with Crippen LogP contribution in [-0.2, 0) is 20.8 Å². The monoisotopic (exact) mass is 383 g/mol. The Kier molecular flexibility index (Phi) is 4.58. The summed E-state index contributed by atoms with van der Waals surface area (Å²) in [6.45, 7) is 7.58. The van der Waals surface area contributed by atoms with E-state index < -0.39 is 20.8 Å². The highest BCUT2D eigenvalue weighted by Crippen LogP contribution is 2.41. The molecule has 3 rings (SSSR count). The summed E-state index contributed by atoms with van der Waals surface area (Å²) in [6.07, 6.45) is 7.19. The summed E-state index contributed by atoms with van der Waals surface area (Å²) in [7, 11) is -4.61. The third-order valence-electron chi connectivity index (χ3n) is 4.29. The largest absolute Gasteiger partial charge is 0.305 e. The Balaban J connectivity index is 2.03. The van der Waals surface area contributed by atoms with Gasteiger partial charge in [-0.3, -0.25) is 0 Å². The number of nitrogens with zero attached hydrogens (tertiary/aromatic N) is 2. The van der Waals surface area contributed by atoms with Gasteiger partial charge in [-0.2, -0.15) is 0 Å². The summed E-state index contributed by atoms with van der Waals surface area (Å²) < 4.78 is 41.2. The number of pyridine rings is 1. The fourth-order valence-corrected chi connectivity index (χ4v) is 4.25. The first-order valence-electron chi connectivity index (χ1n) is 8.37. The van der Waals surface area contributed by atoms with Gasteiger partial charge < -0.3 is 4.40 Å². The minimum absolute atomic E-state index is 0.253. The fourth-order valence-electron chi connectivity index (χ4n) is 2.63. The first kappa shape index (κ1) is 18.5. The maximum atomic E-state index is 12.3. The molecular weight excluding hydrogens is 358 g/mol. The molecular formula is C17H25N3O3S2. The molecule has 0 bridgehead atoms. The lowest BCUT2D eigenvalue weighted by atomic mass is 10.2. The van der Waals surface area contributed by atoms with Crippen LogP contribution in [0.2, 0.25) is 0 Å². The van der Waals surface area contributed by atoms with Crippen LogP contribution in [0.15, 0.2) is 23.4 Å². The summed E-state index contributed by atoms with van der Waals surface area (Å²) >= 11 is 0. The average molecular weight is 384 g/mol. The molecule has 6 nitrogen and oxygen atoms in total. The summed E-state index contributed by atoms with van der Waals surface area (Å²) in [5.41, 5.74) is 2.14. The fraction of sp³-hybridized carbons (Fsp3) is 0.588. The Bertz CT molecular complexity index is 938. The van der Waals surface area contributed by atoms with Crippen LogP contribution in [0.1, 0.15) is 63.8 Å². The molecule has 0 unspecified atom stereocenters. The number of hydrogen-bond acceptors (Lipinski definition) is 4. The molecule has 0 radical (unpaired) electrons. The van der Waals surface area contributed by atoms with Crippen molar-refractivity contribution in [1.82, 2.24) is 14.1 Å². The Morgan fingerprint density at radius 3 is 2.48 bits per heavy atom. The van der Waals surface area contributed by atoms with Crippen LogP contribution >= 0.6 is 0 Å². The molecule has 1 N–H and O–H groups in total. The number of rotatable bonds is 5. The molecule has 2 aromatic rings. The first-order chi connectivity index (χ1) is 11.5. The molecule has 1 aliphatic carbocycles. The zero-order valence-electron chi connectivity index (χ0n) is 15.2. The lowest BCUT2D eigenvalue weighted by Gasteiger charge is -2.20. The number of nitrogens with one attached hydrogen (secondary N) is 1. The standard InChI is InChI=1S/C17H25N3O3S2/c1-11(19-24(21)17(2,3)4)14-10-20-9-13(12-6-7-12)8-15(16(20)18-14)25(5,22)23/h8-12,19H,6-7H2,1-5H3/t11-,24-/m1/s1. The van der Waals surface area contributed by atoms with E-state index in [4.69, 9.17) is 0 Å². The van der Waals surface area contributed by atoms with Crippen molar-refractivity contribution in [1.29, 1.82) is 0 Å². The van der Waals surface area contributed by atoms with Crippen molar-refractivity contribution in [2.45, 2.75) is 62.1 Å². The molecule has 0 amide bonds. The molecule has 0 saturated heterocycles. The Hall–Kier alpha value is -1.25. The zero-order chi connectivity index (χ0) is 18.6. The number of imidazole rings is 1. The van der Waals surface area contributed by atoms with Crippen LogP contribution in [0.4, 0.5) is 0 Å². The topological polar surface area (TPSA) is 80.5 Å². The van der Waals surface area contributed by atoms with Crippen molar-refractivity contribution in [2.24, 2.45) is 0 Å². The molecule has 1 aliphatic rings. The van der Waals surface area contributed by atoms with Gasteiger partial charge in [0.15, 0.2) is 15.5 Å². The van der Waals surface area contributed by atoms with Crippen LogP contribution in [0, 0.1) is 0 Å². The summed E-state index contributed by atoms with van der Waals surface area (Å²) in [5, 5.41) is 0. The van der Waals surface area contributed by atoms with Gasteiger partial charge >= 0.3 is 0 Å². The van der Waals surface area contributed by atoms with E-state index in [1.165, 1.54) is 6.26 Å². The van der Waals surface area contributed by atoms with E-state index in [0.717, 1.165) is 18.4 Å². The lowest BCUT2D eigenvalue weighted by Crippen LogP contribution is -2.34. The minimum atomic E-state index is -3.38. The molecule has 1 fully saturated rings. The second kappa shape index (κ2) is 6.17. The summed E-state index contributed by atoms with van der Waals surface area (Å²) in [5.74, 6) is 0.444. The van der Waals surface area contributed by atoms with E-state index >= 15 is 0 Å². The smallest absolute Gasteiger partial charge is 0.179 e. The van der Waals surface area contributed by atoms with E-state index in [0.29, 0.717) is 17.3 Å². The Morgan fingerprint density at radius 2 is 1.96 bits per heavy atom. The quantitative estimate of drug-likeness (QED) is 0.861. The predicted molar refractivity (Wildman–Crippen MR) is 99.7 cm³/mol. The molecule has 0 aliphatic heterocycles. The first-order valence-corrected chi connectivity index (χ1v) is 11.4. The molecule has 25 heavy (non-hydrogen) atoms. The van der Waals surface area contributed by atoms with Crippen molar-refractivity contribution < 1.29 is 12.6 Å². The van der Waals surface area contributed by atoms with Gasteiger partial charge in [-0.25, -0.2) is 22.3 Å². The third kappa shape index (κ3) is 3.96. The predicted octanol–water partition coefficient (Wildman–Crippen LogP) is 2.73. The third-order valence-corrected chi connectivity index (χ3v) is 7.07. The Labute approximate surface area is 151 Å². The van der Waals surface area contributed by atoms with Crippen molar-refractivity contribution in [3.8, 4) is 0 Å². The number of aromatic nitrogens is 2. The minimum Gasteiger partial charge on any atom is -0.305 e. The lowest BCUT2D eigenvalue weighted by molar-refractivity contribution is 0.601. The van der Waals surface area contributed by atoms with Crippen LogP contribution in [0.25, 0.3) is 5.65 Å². The van der Waals surface area contributed by atoms with Crippen LogP contribution in [0.5, 0.6) is 0 Å². The highest BCUT2D eigenvalue weighted by atomic mass is 32.2.